The van der Waals surface area contributed by atoms with Gasteiger partial charge in [0, 0.05) is 56.4 Å². The third-order valence-corrected chi connectivity index (χ3v) is 4.29. The minimum absolute atomic E-state index is 0.0228. The lowest BCUT2D eigenvalue weighted by Crippen LogP contribution is -2.49. The number of carbonyl (C=O) groups is 1. The molecule has 0 saturated carbocycles. The normalized spacial score (nSPS) is 14.3. The lowest BCUT2D eigenvalue weighted by atomic mass is 10.2. The zero-order valence-corrected chi connectivity index (χ0v) is 14.9. The first-order valence-corrected chi connectivity index (χ1v) is 8.67. The highest BCUT2D eigenvalue weighted by Gasteiger charge is 2.23. The number of carbonyl (C=O) groups excluding carboxylic acids is 1. The van der Waals surface area contributed by atoms with Crippen LogP contribution in [0.4, 0.5) is 17.6 Å². The van der Waals surface area contributed by atoms with Crippen molar-refractivity contribution in [3.63, 3.8) is 0 Å². The van der Waals surface area contributed by atoms with Crippen LogP contribution >= 0.6 is 0 Å². The predicted octanol–water partition coefficient (Wildman–Crippen LogP) is 1.87. The molecular weight excluding hydrogens is 346 g/mol. The average Bonchev–Trinajstić information content (AvgIpc) is 3.13. The van der Waals surface area contributed by atoms with Crippen molar-refractivity contribution in [2.75, 3.05) is 36.4 Å². The fraction of sp³-hybridized carbons (Fsp3) is 0.278. The van der Waals surface area contributed by atoms with Crippen LogP contribution in [-0.4, -0.2) is 57.1 Å². The lowest BCUT2D eigenvalue weighted by molar-refractivity contribution is 0.0746. The number of piperazine rings is 1. The van der Waals surface area contributed by atoms with E-state index in [-0.39, 0.29) is 5.91 Å². The van der Waals surface area contributed by atoms with Crippen molar-refractivity contribution < 1.29 is 9.32 Å². The lowest BCUT2D eigenvalue weighted by Gasteiger charge is -2.34. The van der Waals surface area contributed by atoms with E-state index >= 15 is 0 Å². The first kappa shape index (κ1) is 17.0. The van der Waals surface area contributed by atoms with Crippen LogP contribution in [0.25, 0.3) is 0 Å². The largest absolute Gasteiger partial charge is 0.360 e. The number of hydrogen-bond donors (Lipinski definition) is 1. The van der Waals surface area contributed by atoms with Crippen LogP contribution < -0.4 is 10.2 Å². The maximum atomic E-state index is 12.8. The van der Waals surface area contributed by atoms with Gasteiger partial charge in [-0.05, 0) is 25.1 Å². The Hall–Kier alpha value is -3.49. The standard InChI is InChI=1S/C18H19N7O2/c1-13-11-16(23-27-13)22-15-12-14(3-6-19-15)17(26)24-7-9-25(10-8-24)18-20-4-2-5-21-18/h2-6,11-12H,7-10H2,1H3,(H,19,22,23). The molecule has 4 rings (SSSR count). The summed E-state index contributed by atoms with van der Waals surface area (Å²) >= 11 is 0. The van der Waals surface area contributed by atoms with Crippen LogP contribution in [0.2, 0.25) is 0 Å². The molecule has 3 aromatic heterocycles. The molecule has 1 amide bonds. The van der Waals surface area contributed by atoms with Crippen molar-refractivity contribution in [2.24, 2.45) is 0 Å². The van der Waals surface area contributed by atoms with Crippen molar-refractivity contribution in [1.29, 1.82) is 0 Å². The second kappa shape index (κ2) is 7.40. The number of aromatic nitrogens is 4. The van der Waals surface area contributed by atoms with Crippen LogP contribution in [0, 0.1) is 6.92 Å². The van der Waals surface area contributed by atoms with Gasteiger partial charge in [0.1, 0.15) is 11.6 Å². The van der Waals surface area contributed by atoms with E-state index < -0.39 is 0 Å². The van der Waals surface area contributed by atoms with Crippen LogP contribution in [0.1, 0.15) is 16.1 Å². The van der Waals surface area contributed by atoms with Gasteiger partial charge in [-0.25, -0.2) is 15.0 Å². The molecule has 1 aliphatic heterocycles. The van der Waals surface area contributed by atoms with Gasteiger partial charge in [0.05, 0.1) is 0 Å². The topological polar surface area (TPSA) is 100 Å². The second-order valence-electron chi connectivity index (χ2n) is 6.21. The molecule has 0 aliphatic carbocycles. The summed E-state index contributed by atoms with van der Waals surface area (Å²) in [6.45, 7) is 4.44. The van der Waals surface area contributed by atoms with Gasteiger partial charge < -0.3 is 19.6 Å². The molecule has 4 heterocycles. The Morgan fingerprint density at radius 3 is 2.52 bits per heavy atom. The van der Waals surface area contributed by atoms with Gasteiger partial charge in [-0.15, -0.1) is 0 Å². The van der Waals surface area contributed by atoms with Crippen molar-refractivity contribution in [2.45, 2.75) is 6.92 Å². The number of nitrogens with one attached hydrogen (secondary N) is 1. The highest BCUT2D eigenvalue weighted by molar-refractivity contribution is 5.95. The molecule has 1 saturated heterocycles. The average molecular weight is 365 g/mol. The Bertz CT molecular complexity index is 920. The van der Waals surface area contributed by atoms with E-state index in [4.69, 9.17) is 4.52 Å². The summed E-state index contributed by atoms with van der Waals surface area (Å²) in [5.41, 5.74) is 0.581. The molecule has 0 atom stereocenters. The highest BCUT2D eigenvalue weighted by Crippen LogP contribution is 2.17. The van der Waals surface area contributed by atoms with Gasteiger partial charge >= 0.3 is 0 Å². The molecule has 0 unspecified atom stereocenters. The maximum Gasteiger partial charge on any atom is 0.254 e. The fourth-order valence-electron chi connectivity index (χ4n) is 2.94. The quantitative estimate of drug-likeness (QED) is 0.748. The molecule has 3 aromatic rings. The number of amides is 1. The van der Waals surface area contributed by atoms with Gasteiger partial charge in [-0.1, -0.05) is 5.16 Å². The van der Waals surface area contributed by atoms with Gasteiger partial charge in [-0.3, -0.25) is 4.79 Å². The van der Waals surface area contributed by atoms with Gasteiger partial charge in [-0.2, -0.15) is 0 Å². The molecule has 0 aromatic carbocycles. The minimum atomic E-state index is -0.0228. The zero-order chi connectivity index (χ0) is 18.6. The Morgan fingerprint density at radius 1 is 1.04 bits per heavy atom. The van der Waals surface area contributed by atoms with Crippen LogP contribution in [0.5, 0.6) is 0 Å². The van der Waals surface area contributed by atoms with Crippen molar-refractivity contribution in [3.8, 4) is 0 Å². The first-order chi connectivity index (χ1) is 13.2. The van der Waals surface area contributed by atoms with E-state index in [2.05, 4.69) is 30.3 Å². The number of hydrogen-bond acceptors (Lipinski definition) is 8. The monoisotopic (exact) mass is 365 g/mol. The highest BCUT2D eigenvalue weighted by atomic mass is 16.5. The number of rotatable bonds is 4. The smallest absolute Gasteiger partial charge is 0.254 e. The summed E-state index contributed by atoms with van der Waals surface area (Å²) in [7, 11) is 0. The van der Waals surface area contributed by atoms with E-state index in [1.54, 1.807) is 42.9 Å². The van der Waals surface area contributed by atoms with Gasteiger partial charge in [0.25, 0.3) is 5.91 Å². The molecule has 0 radical (unpaired) electrons. The molecule has 1 aliphatic rings. The summed E-state index contributed by atoms with van der Waals surface area (Å²) in [5, 5.41) is 6.91. The molecule has 0 spiro atoms. The molecule has 1 fully saturated rings. The Balaban J connectivity index is 1.40. The summed E-state index contributed by atoms with van der Waals surface area (Å²) in [5.74, 6) is 2.48. The SMILES string of the molecule is Cc1cc(Nc2cc(C(=O)N3CCN(c4ncccn4)CC3)ccn2)no1. The van der Waals surface area contributed by atoms with Crippen LogP contribution in [-0.2, 0) is 0 Å². The number of anilines is 3. The molecule has 9 nitrogen and oxygen atoms in total. The van der Waals surface area contributed by atoms with Crippen LogP contribution in [0.15, 0.2) is 47.4 Å². The number of pyridine rings is 1. The van der Waals surface area contributed by atoms with Crippen molar-refractivity contribution in [1.82, 2.24) is 25.0 Å². The third kappa shape index (κ3) is 3.86. The van der Waals surface area contributed by atoms with E-state index in [0.717, 1.165) is 0 Å². The predicted molar refractivity (Wildman–Crippen MR) is 98.9 cm³/mol. The fourth-order valence-corrected chi connectivity index (χ4v) is 2.94. The number of nitrogens with zero attached hydrogens (tertiary/aromatic N) is 6. The third-order valence-electron chi connectivity index (χ3n) is 4.29. The first-order valence-electron chi connectivity index (χ1n) is 8.67. The molecule has 27 heavy (non-hydrogen) atoms. The Labute approximate surface area is 156 Å². The van der Waals surface area contributed by atoms with Crippen LogP contribution in [0.3, 0.4) is 0 Å². The molecular formula is C18H19N7O2. The zero-order valence-electron chi connectivity index (χ0n) is 14.9. The second-order valence-corrected chi connectivity index (χ2v) is 6.21. The van der Waals surface area contributed by atoms with Crippen molar-refractivity contribution >= 4 is 23.5 Å². The Kier molecular flexibility index (Phi) is 4.65. The van der Waals surface area contributed by atoms with E-state index in [9.17, 15) is 4.79 Å². The van der Waals surface area contributed by atoms with E-state index in [0.29, 0.717) is 55.1 Å². The molecule has 1 N–H and O–H groups in total. The Morgan fingerprint density at radius 2 is 1.81 bits per heavy atom. The van der Waals surface area contributed by atoms with E-state index in [1.165, 1.54) is 0 Å². The number of aryl methyl sites for hydroxylation is 1. The summed E-state index contributed by atoms with van der Waals surface area (Å²) in [4.78, 5) is 29.5. The van der Waals surface area contributed by atoms with Crippen molar-refractivity contribution in [3.05, 3.63) is 54.2 Å². The summed E-state index contributed by atoms with van der Waals surface area (Å²) in [6, 6.07) is 6.99. The molecule has 9 heteroatoms. The molecule has 0 bridgehead atoms. The minimum Gasteiger partial charge on any atom is -0.360 e. The molecule has 138 valence electrons. The summed E-state index contributed by atoms with van der Waals surface area (Å²) < 4.78 is 5.03. The van der Waals surface area contributed by atoms with Gasteiger partial charge in [0.15, 0.2) is 5.82 Å². The van der Waals surface area contributed by atoms with E-state index in [1.807, 2.05) is 11.8 Å². The maximum absolute atomic E-state index is 12.8. The summed E-state index contributed by atoms with van der Waals surface area (Å²) in [6.07, 6.45) is 5.06. The van der Waals surface area contributed by atoms with Gasteiger partial charge in [0.2, 0.25) is 5.95 Å².